The first kappa shape index (κ1) is 11.7. The van der Waals surface area contributed by atoms with Gasteiger partial charge in [-0.2, -0.15) is 5.10 Å². The van der Waals surface area contributed by atoms with Gasteiger partial charge in [0.25, 0.3) is 0 Å². The summed E-state index contributed by atoms with van der Waals surface area (Å²) < 4.78 is 2.04. The lowest BCUT2D eigenvalue weighted by atomic mass is 10.1. The summed E-state index contributed by atoms with van der Waals surface area (Å²) >= 11 is 0. The Morgan fingerprint density at radius 1 is 1.05 bits per heavy atom. The fraction of sp³-hybridized carbons (Fsp3) is 0.118. The van der Waals surface area contributed by atoms with Gasteiger partial charge in [0.05, 0.1) is 18.3 Å². The lowest BCUT2D eigenvalue weighted by Gasteiger charge is -2.04. The summed E-state index contributed by atoms with van der Waals surface area (Å²) in [5, 5.41) is 5.67. The van der Waals surface area contributed by atoms with Crippen molar-refractivity contribution < 1.29 is 0 Å². The molecule has 0 N–H and O–H groups in total. The molecular weight excluding hydrogens is 232 g/mol. The summed E-state index contributed by atoms with van der Waals surface area (Å²) in [7, 11) is 0. The van der Waals surface area contributed by atoms with E-state index in [-0.39, 0.29) is 0 Å². The molecule has 0 spiro atoms. The monoisotopic (exact) mass is 248 g/mol. The lowest BCUT2D eigenvalue weighted by Crippen LogP contribution is -2.00. The first-order valence-electron chi connectivity index (χ1n) is 6.46. The molecule has 2 nitrogen and oxygen atoms in total. The van der Waals surface area contributed by atoms with Crippen LogP contribution in [-0.2, 0) is 13.0 Å². The molecule has 0 bridgehead atoms. The number of rotatable bonds is 4. The molecule has 0 saturated carbocycles. The standard InChI is InChI=1S/C17H16N2/c1-2-6-14-9-10-17-16(11-14)12-18-19(17)13-15-7-4-3-5-8-15/h2-5,7-12H,1,6,13H2. The maximum Gasteiger partial charge on any atom is 0.0686 e. The maximum absolute atomic E-state index is 4.48. The number of aromatic nitrogens is 2. The molecular formula is C17H16N2. The second kappa shape index (κ2) is 5.11. The van der Waals surface area contributed by atoms with Crippen molar-refractivity contribution in [2.75, 3.05) is 0 Å². The van der Waals surface area contributed by atoms with Gasteiger partial charge in [-0.3, -0.25) is 4.68 Å². The molecule has 0 aliphatic heterocycles. The summed E-state index contributed by atoms with van der Waals surface area (Å²) in [6.45, 7) is 4.59. The van der Waals surface area contributed by atoms with E-state index in [1.807, 2.05) is 23.0 Å². The lowest BCUT2D eigenvalue weighted by molar-refractivity contribution is 0.712. The highest BCUT2D eigenvalue weighted by Gasteiger charge is 2.03. The predicted octanol–water partition coefficient (Wildman–Crippen LogP) is 3.81. The Hall–Kier alpha value is -2.35. The quantitative estimate of drug-likeness (QED) is 0.642. The molecule has 0 radical (unpaired) electrons. The van der Waals surface area contributed by atoms with Gasteiger partial charge in [-0.25, -0.2) is 0 Å². The highest BCUT2D eigenvalue weighted by molar-refractivity contribution is 5.79. The number of nitrogens with zero attached hydrogens (tertiary/aromatic N) is 2. The smallest absolute Gasteiger partial charge is 0.0686 e. The van der Waals surface area contributed by atoms with E-state index < -0.39 is 0 Å². The number of allylic oxidation sites excluding steroid dienone is 1. The Balaban J connectivity index is 1.95. The summed E-state index contributed by atoms with van der Waals surface area (Å²) in [6, 6.07) is 16.9. The van der Waals surface area contributed by atoms with Crippen molar-refractivity contribution >= 4 is 10.9 Å². The van der Waals surface area contributed by atoms with Crippen molar-refractivity contribution in [3.05, 3.63) is 78.5 Å². The molecule has 0 aliphatic rings. The fourth-order valence-electron chi connectivity index (χ4n) is 2.31. The van der Waals surface area contributed by atoms with E-state index in [1.54, 1.807) is 0 Å². The van der Waals surface area contributed by atoms with E-state index >= 15 is 0 Å². The van der Waals surface area contributed by atoms with Crippen LogP contribution in [0.5, 0.6) is 0 Å². The van der Waals surface area contributed by atoms with Crippen molar-refractivity contribution in [1.29, 1.82) is 0 Å². The summed E-state index contributed by atoms with van der Waals surface area (Å²) in [5.41, 5.74) is 3.72. The van der Waals surface area contributed by atoms with Gasteiger partial charge < -0.3 is 0 Å². The molecule has 0 fully saturated rings. The Morgan fingerprint density at radius 2 is 1.89 bits per heavy atom. The van der Waals surface area contributed by atoms with E-state index in [9.17, 15) is 0 Å². The van der Waals surface area contributed by atoms with Crippen LogP contribution in [0.25, 0.3) is 10.9 Å². The number of hydrogen-bond donors (Lipinski definition) is 0. The third-order valence-electron chi connectivity index (χ3n) is 3.26. The number of benzene rings is 2. The second-order valence-electron chi connectivity index (χ2n) is 4.67. The van der Waals surface area contributed by atoms with Crippen LogP contribution in [0.3, 0.4) is 0 Å². The second-order valence-corrected chi connectivity index (χ2v) is 4.67. The van der Waals surface area contributed by atoms with E-state index in [1.165, 1.54) is 22.0 Å². The molecule has 19 heavy (non-hydrogen) atoms. The molecule has 2 heteroatoms. The van der Waals surface area contributed by atoms with Gasteiger partial charge in [0.1, 0.15) is 0 Å². The first-order chi connectivity index (χ1) is 9.36. The molecule has 3 rings (SSSR count). The van der Waals surface area contributed by atoms with Crippen molar-refractivity contribution in [3.63, 3.8) is 0 Å². The van der Waals surface area contributed by atoms with E-state index in [0.29, 0.717) is 0 Å². The molecule has 1 heterocycles. The molecule has 0 aliphatic carbocycles. The minimum Gasteiger partial charge on any atom is -0.260 e. The van der Waals surface area contributed by atoms with Gasteiger partial charge in [-0.1, -0.05) is 42.5 Å². The van der Waals surface area contributed by atoms with Gasteiger partial charge in [-0.15, -0.1) is 6.58 Å². The highest BCUT2D eigenvalue weighted by atomic mass is 15.3. The van der Waals surface area contributed by atoms with Gasteiger partial charge in [-0.05, 0) is 29.7 Å². The molecule has 94 valence electrons. The van der Waals surface area contributed by atoms with Crippen molar-refractivity contribution in [1.82, 2.24) is 9.78 Å². The van der Waals surface area contributed by atoms with Crippen LogP contribution in [-0.4, -0.2) is 9.78 Å². The van der Waals surface area contributed by atoms with E-state index in [0.717, 1.165) is 13.0 Å². The largest absolute Gasteiger partial charge is 0.260 e. The summed E-state index contributed by atoms with van der Waals surface area (Å²) in [5.74, 6) is 0. The topological polar surface area (TPSA) is 17.8 Å². The third kappa shape index (κ3) is 2.43. The molecule has 0 saturated heterocycles. The fourth-order valence-corrected chi connectivity index (χ4v) is 2.31. The Labute approximate surface area is 113 Å². The SMILES string of the molecule is C=CCc1ccc2c(cnn2Cc2ccccc2)c1. The first-order valence-corrected chi connectivity index (χ1v) is 6.46. The molecule has 0 unspecified atom stereocenters. The molecule has 0 atom stereocenters. The summed E-state index contributed by atoms with van der Waals surface area (Å²) in [4.78, 5) is 0. The van der Waals surface area contributed by atoms with Crippen LogP contribution < -0.4 is 0 Å². The zero-order valence-corrected chi connectivity index (χ0v) is 10.8. The van der Waals surface area contributed by atoms with E-state index in [2.05, 4.69) is 54.1 Å². The normalized spacial score (nSPS) is 10.7. The molecule has 2 aromatic carbocycles. The Bertz CT molecular complexity index is 696. The number of hydrogen-bond acceptors (Lipinski definition) is 1. The van der Waals surface area contributed by atoms with Crippen LogP contribution in [0.2, 0.25) is 0 Å². The average molecular weight is 248 g/mol. The van der Waals surface area contributed by atoms with E-state index in [4.69, 9.17) is 0 Å². The van der Waals surface area contributed by atoms with Gasteiger partial charge in [0, 0.05) is 5.39 Å². The Morgan fingerprint density at radius 3 is 2.68 bits per heavy atom. The van der Waals surface area contributed by atoms with Crippen LogP contribution in [0.15, 0.2) is 67.4 Å². The third-order valence-corrected chi connectivity index (χ3v) is 3.26. The van der Waals surface area contributed by atoms with Crippen LogP contribution in [0, 0.1) is 0 Å². The molecule has 0 amide bonds. The zero-order chi connectivity index (χ0) is 13.1. The minimum absolute atomic E-state index is 0.811. The van der Waals surface area contributed by atoms with Gasteiger partial charge >= 0.3 is 0 Å². The molecule has 3 aromatic rings. The van der Waals surface area contributed by atoms with Crippen molar-refractivity contribution in [3.8, 4) is 0 Å². The maximum atomic E-state index is 4.48. The van der Waals surface area contributed by atoms with Crippen LogP contribution in [0.4, 0.5) is 0 Å². The minimum atomic E-state index is 0.811. The Kier molecular flexibility index (Phi) is 3.15. The van der Waals surface area contributed by atoms with Crippen LogP contribution in [0.1, 0.15) is 11.1 Å². The zero-order valence-electron chi connectivity index (χ0n) is 10.8. The van der Waals surface area contributed by atoms with Crippen molar-refractivity contribution in [2.24, 2.45) is 0 Å². The average Bonchev–Trinajstić information content (AvgIpc) is 2.83. The predicted molar refractivity (Wildman–Crippen MR) is 79.2 cm³/mol. The molecule has 1 aromatic heterocycles. The highest BCUT2D eigenvalue weighted by Crippen LogP contribution is 2.17. The van der Waals surface area contributed by atoms with Crippen molar-refractivity contribution in [2.45, 2.75) is 13.0 Å². The van der Waals surface area contributed by atoms with Crippen LogP contribution >= 0.6 is 0 Å². The van der Waals surface area contributed by atoms with Gasteiger partial charge in [0.15, 0.2) is 0 Å². The van der Waals surface area contributed by atoms with Gasteiger partial charge in [0.2, 0.25) is 0 Å². The summed E-state index contributed by atoms with van der Waals surface area (Å²) in [6.07, 6.45) is 4.76. The number of fused-ring (bicyclic) bond motifs is 1.